The summed E-state index contributed by atoms with van der Waals surface area (Å²) in [5.41, 5.74) is 0.381. The van der Waals surface area contributed by atoms with Gasteiger partial charge >= 0.3 is 0 Å². The van der Waals surface area contributed by atoms with Gasteiger partial charge in [0.15, 0.2) is 0 Å². The summed E-state index contributed by atoms with van der Waals surface area (Å²) >= 11 is 6.00. The molecule has 0 saturated heterocycles. The van der Waals surface area contributed by atoms with Crippen LogP contribution in [0.4, 0.5) is 0 Å². The molecule has 1 rings (SSSR count). The Bertz CT molecular complexity index is 489. The first-order valence-corrected chi connectivity index (χ1v) is 7.68. The second-order valence-corrected chi connectivity index (χ2v) is 5.73. The maximum absolute atomic E-state index is 12.2. The molecule has 1 aromatic rings. The van der Waals surface area contributed by atoms with E-state index in [0.29, 0.717) is 17.1 Å². The smallest absolute Gasteiger partial charge is 0.253 e. The van der Waals surface area contributed by atoms with Crippen LogP contribution in [0.3, 0.4) is 0 Å². The average Bonchev–Trinajstić information content (AvgIpc) is 2.44. The van der Waals surface area contributed by atoms with E-state index in [0.717, 1.165) is 12.8 Å². The SMILES string of the molecule is CCCCNC(=O)C(NC(=O)c1ccccc1Cl)C(C)C. The van der Waals surface area contributed by atoms with Crippen molar-refractivity contribution in [3.8, 4) is 0 Å². The molecule has 5 heteroatoms. The van der Waals surface area contributed by atoms with Crippen molar-refractivity contribution in [2.75, 3.05) is 6.54 Å². The van der Waals surface area contributed by atoms with Crippen molar-refractivity contribution in [1.82, 2.24) is 10.6 Å². The van der Waals surface area contributed by atoms with Gasteiger partial charge in [-0.2, -0.15) is 0 Å². The summed E-state index contributed by atoms with van der Waals surface area (Å²) in [6.45, 7) is 6.49. The van der Waals surface area contributed by atoms with Gasteiger partial charge in [-0.3, -0.25) is 9.59 Å². The highest BCUT2D eigenvalue weighted by Crippen LogP contribution is 2.15. The first kappa shape index (κ1) is 17.5. The first-order valence-electron chi connectivity index (χ1n) is 7.30. The molecule has 0 heterocycles. The molecule has 0 fully saturated rings. The Kier molecular flexibility index (Phi) is 7.23. The van der Waals surface area contributed by atoms with Crippen molar-refractivity contribution >= 4 is 23.4 Å². The molecule has 2 amide bonds. The number of carbonyl (C=O) groups excluding carboxylic acids is 2. The van der Waals surface area contributed by atoms with E-state index in [1.54, 1.807) is 24.3 Å². The number of carbonyl (C=O) groups is 2. The largest absolute Gasteiger partial charge is 0.354 e. The number of benzene rings is 1. The molecule has 0 spiro atoms. The molecule has 0 radical (unpaired) electrons. The molecule has 116 valence electrons. The Morgan fingerprint density at radius 1 is 1.24 bits per heavy atom. The zero-order valence-corrected chi connectivity index (χ0v) is 13.5. The Labute approximate surface area is 131 Å². The highest BCUT2D eigenvalue weighted by molar-refractivity contribution is 6.33. The molecule has 2 N–H and O–H groups in total. The van der Waals surface area contributed by atoms with Crippen molar-refractivity contribution in [1.29, 1.82) is 0 Å². The summed E-state index contributed by atoms with van der Waals surface area (Å²) in [5, 5.41) is 5.99. The Morgan fingerprint density at radius 3 is 2.48 bits per heavy atom. The summed E-state index contributed by atoms with van der Waals surface area (Å²) in [4.78, 5) is 24.4. The third kappa shape index (κ3) is 5.38. The van der Waals surface area contributed by atoms with Gasteiger partial charge in [0, 0.05) is 6.54 Å². The number of rotatable bonds is 7. The summed E-state index contributed by atoms with van der Waals surface area (Å²) in [5.74, 6) is -0.484. The van der Waals surface area contributed by atoms with E-state index in [-0.39, 0.29) is 17.7 Å². The van der Waals surface area contributed by atoms with Gasteiger partial charge in [-0.25, -0.2) is 0 Å². The Balaban J connectivity index is 2.72. The van der Waals surface area contributed by atoms with Crippen LogP contribution in [0, 0.1) is 5.92 Å². The van der Waals surface area contributed by atoms with Crippen LogP contribution in [0.25, 0.3) is 0 Å². The van der Waals surface area contributed by atoms with Crippen molar-refractivity contribution in [3.63, 3.8) is 0 Å². The molecule has 0 saturated carbocycles. The second-order valence-electron chi connectivity index (χ2n) is 5.32. The van der Waals surface area contributed by atoms with Gasteiger partial charge in [-0.05, 0) is 24.5 Å². The van der Waals surface area contributed by atoms with E-state index >= 15 is 0 Å². The molecule has 1 atom stereocenters. The molecule has 0 aromatic heterocycles. The zero-order chi connectivity index (χ0) is 15.8. The Hall–Kier alpha value is -1.55. The van der Waals surface area contributed by atoms with Gasteiger partial charge in [0.05, 0.1) is 10.6 Å². The minimum atomic E-state index is -0.564. The zero-order valence-electron chi connectivity index (χ0n) is 12.8. The molecule has 0 bridgehead atoms. The van der Waals surface area contributed by atoms with E-state index in [1.165, 1.54) is 0 Å². The number of halogens is 1. The molecule has 1 unspecified atom stereocenters. The van der Waals surface area contributed by atoms with Crippen LogP contribution in [0.15, 0.2) is 24.3 Å². The maximum atomic E-state index is 12.2. The molecule has 0 aliphatic rings. The van der Waals surface area contributed by atoms with Crippen LogP contribution < -0.4 is 10.6 Å². The number of hydrogen-bond donors (Lipinski definition) is 2. The standard InChI is InChI=1S/C16H23ClN2O2/c1-4-5-10-18-16(21)14(11(2)3)19-15(20)12-8-6-7-9-13(12)17/h6-9,11,14H,4-5,10H2,1-3H3,(H,18,21)(H,19,20). The van der Waals surface area contributed by atoms with E-state index in [2.05, 4.69) is 17.6 Å². The van der Waals surface area contributed by atoms with Crippen molar-refractivity contribution in [3.05, 3.63) is 34.9 Å². The van der Waals surface area contributed by atoms with Gasteiger partial charge in [0.2, 0.25) is 5.91 Å². The lowest BCUT2D eigenvalue weighted by Crippen LogP contribution is -2.49. The van der Waals surface area contributed by atoms with Crippen molar-refractivity contribution < 1.29 is 9.59 Å². The van der Waals surface area contributed by atoms with Gasteiger partial charge < -0.3 is 10.6 Å². The van der Waals surface area contributed by atoms with Crippen LogP contribution in [-0.4, -0.2) is 24.4 Å². The van der Waals surface area contributed by atoms with Crippen molar-refractivity contribution in [2.24, 2.45) is 5.92 Å². The average molecular weight is 311 g/mol. The minimum Gasteiger partial charge on any atom is -0.354 e. The quantitative estimate of drug-likeness (QED) is 0.761. The molecule has 4 nitrogen and oxygen atoms in total. The summed E-state index contributed by atoms with van der Waals surface area (Å²) in [6.07, 6.45) is 1.94. The molecule has 0 aliphatic carbocycles. The lowest BCUT2D eigenvalue weighted by Gasteiger charge is -2.22. The molecule has 0 aliphatic heterocycles. The van der Waals surface area contributed by atoms with Crippen LogP contribution in [0.1, 0.15) is 44.0 Å². The van der Waals surface area contributed by atoms with E-state index in [9.17, 15) is 9.59 Å². The van der Waals surface area contributed by atoms with E-state index < -0.39 is 6.04 Å². The lowest BCUT2D eigenvalue weighted by atomic mass is 10.0. The minimum absolute atomic E-state index is 0.00179. The van der Waals surface area contributed by atoms with Crippen molar-refractivity contribution in [2.45, 2.75) is 39.7 Å². The highest BCUT2D eigenvalue weighted by Gasteiger charge is 2.24. The van der Waals surface area contributed by atoms with Gasteiger partial charge in [-0.15, -0.1) is 0 Å². The topological polar surface area (TPSA) is 58.2 Å². The number of amides is 2. The normalized spacial score (nSPS) is 12.0. The first-order chi connectivity index (χ1) is 9.97. The molecule has 21 heavy (non-hydrogen) atoms. The predicted octanol–water partition coefficient (Wildman–Crippen LogP) is 3.01. The molecule has 1 aromatic carbocycles. The summed E-state index contributed by atoms with van der Waals surface area (Å²) < 4.78 is 0. The van der Waals surface area contributed by atoms with E-state index in [1.807, 2.05) is 13.8 Å². The fourth-order valence-electron chi connectivity index (χ4n) is 1.90. The third-order valence-electron chi connectivity index (χ3n) is 3.18. The number of hydrogen-bond acceptors (Lipinski definition) is 2. The summed E-state index contributed by atoms with van der Waals surface area (Å²) in [7, 11) is 0. The molecular weight excluding hydrogens is 288 g/mol. The van der Waals surface area contributed by atoms with E-state index in [4.69, 9.17) is 11.6 Å². The molecular formula is C16H23ClN2O2. The van der Waals surface area contributed by atoms with Crippen LogP contribution in [0.5, 0.6) is 0 Å². The maximum Gasteiger partial charge on any atom is 0.253 e. The number of unbranched alkanes of at least 4 members (excludes halogenated alkanes) is 1. The lowest BCUT2D eigenvalue weighted by molar-refractivity contribution is -0.123. The predicted molar refractivity (Wildman–Crippen MR) is 85.5 cm³/mol. The monoisotopic (exact) mass is 310 g/mol. The van der Waals surface area contributed by atoms with Gasteiger partial charge in [0.1, 0.15) is 6.04 Å². The van der Waals surface area contributed by atoms with Gasteiger partial charge in [-0.1, -0.05) is 50.9 Å². The van der Waals surface area contributed by atoms with Gasteiger partial charge in [0.25, 0.3) is 5.91 Å². The fraction of sp³-hybridized carbons (Fsp3) is 0.500. The fourth-order valence-corrected chi connectivity index (χ4v) is 2.12. The Morgan fingerprint density at radius 2 is 1.90 bits per heavy atom. The van der Waals surface area contributed by atoms with Crippen LogP contribution in [0.2, 0.25) is 5.02 Å². The third-order valence-corrected chi connectivity index (χ3v) is 3.51. The van der Waals surface area contributed by atoms with Crippen LogP contribution in [-0.2, 0) is 4.79 Å². The second kappa shape index (κ2) is 8.67. The summed E-state index contributed by atoms with van der Waals surface area (Å²) in [6, 6.07) is 6.24. The van der Waals surface area contributed by atoms with Crippen LogP contribution >= 0.6 is 11.6 Å². The highest BCUT2D eigenvalue weighted by atomic mass is 35.5. The number of nitrogens with one attached hydrogen (secondary N) is 2.